The Morgan fingerprint density at radius 3 is 2.58 bits per heavy atom. The van der Waals surface area contributed by atoms with E-state index in [2.05, 4.69) is 5.32 Å². The molecule has 100 valence electrons. The lowest BCUT2D eigenvalue weighted by atomic mass is 10.1. The lowest BCUT2D eigenvalue weighted by Crippen LogP contribution is -2.08. The van der Waals surface area contributed by atoms with Crippen LogP contribution in [0.5, 0.6) is 5.75 Å². The average molecular weight is 280 g/mol. The minimum Gasteiger partial charge on any atom is -0.508 e. The average Bonchev–Trinajstić information content (AvgIpc) is 2.36. The molecule has 1 unspecified atom stereocenters. The van der Waals surface area contributed by atoms with E-state index in [4.69, 9.17) is 11.6 Å². The summed E-state index contributed by atoms with van der Waals surface area (Å²) < 4.78 is 13.4. The Labute approximate surface area is 116 Å². The number of hydrogen-bond donors (Lipinski definition) is 2. The van der Waals surface area contributed by atoms with E-state index in [-0.39, 0.29) is 16.8 Å². The topological polar surface area (TPSA) is 32.3 Å². The second kappa shape index (κ2) is 5.49. The SMILES string of the molecule is Cc1cc(O)ccc1NC(C)c1ccc(Cl)c(F)c1. The molecule has 0 saturated carbocycles. The highest BCUT2D eigenvalue weighted by Gasteiger charge is 2.09. The molecule has 2 rings (SSSR count). The molecule has 0 heterocycles. The number of nitrogens with one attached hydrogen (secondary N) is 1. The number of halogens is 2. The zero-order valence-corrected chi connectivity index (χ0v) is 11.5. The summed E-state index contributed by atoms with van der Waals surface area (Å²) in [6, 6.07) is 9.80. The van der Waals surface area contributed by atoms with Gasteiger partial charge in [-0.2, -0.15) is 0 Å². The molecular weight excluding hydrogens is 265 g/mol. The van der Waals surface area contributed by atoms with Gasteiger partial charge in [0.2, 0.25) is 0 Å². The molecule has 0 radical (unpaired) electrons. The maximum atomic E-state index is 13.4. The van der Waals surface area contributed by atoms with Crippen molar-refractivity contribution < 1.29 is 9.50 Å². The van der Waals surface area contributed by atoms with Crippen LogP contribution in [0.25, 0.3) is 0 Å². The van der Waals surface area contributed by atoms with E-state index in [1.54, 1.807) is 30.3 Å². The highest BCUT2D eigenvalue weighted by Crippen LogP contribution is 2.26. The van der Waals surface area contributed by atoms with Crippen LogP contribution < -0.4 is 5.32 Å². The summed E-state index contributed by atoms with van der Waals surface area (Å²) >= 11 is 5.66. The summed E-state index contributed by atoms with van der Waals surface area (Å²) in [4.78, 5) is 0. The number of aromatic hydroxyl groups is 1. The zero-order valence-electron chi connectivity index (χ0n) is 10.7. The first-order chi connectivity index (χ1) is 8.97. The number of aryl methyl sites for hydroxylation is 1. The summed E-state index contributed by atoms with van der Waals surface area (Å²) in [5, 5.41) is 12.8. The third-order valence-electron chi connectivity index (χ3n) is 3.03. The minimum absolute atomic E-state index is 0.0602. The van der Waals surface area contributed by atoms with Gasteiger partial charge < -0.3 is 10.4 Å². The van der Waals surface area contributed by atoms with Crippen LogP contribution in [0.1, 0.15) is 24.1 Å². The van der Waals surface area contributed by atoms with Crippen molar-refractivity contribution in [2.24, 2.45) is 0 Å². The first kappa shape index (κ1) is 13.7. The molecule has 0 aliphatic rings. The molecule has 0 aliphatic carbocycles. The molecule has 2 N–H and O–H groups in total. The summed E-state index contributed by atoms with van der Waals surface area (Å²) in [6.45, 7) is 3.84. The number of anilines is 1. The van der Waals surface area contributed by atoms with Crippen molar-refractivity contribution >= 4 is 17.3 Å². The van der Waals surface area contributed by atoms with Gasteiger partial charge in [-0.05, 0) is 55.3 Å². The Kier molecular flexibility index (Phi) is 3.96. The fourth-order valence-electron chi connectivity index (χ4n) is 1.91. The van der Waals surface area contributed by atoms with Crippen LogP contribution in [-0.2, 0) is 0 Å². The van der Waals surface area contributed by atoms with E-state index in [1.807, 2.05) is 13.8 Å². The van der Waals surface area contributed by atoms with Crippen LogP contribution in [0.4, 0.5) is 10.1 Å². The standard InChI is InChI=1S/C15H15ClFNO/c1-9-7-12(19)4-6-15(9)18-10(2)11-3-5-13(16)14(17)8-11/h3-8,10,18-19H,1-2H3. The summed E-state index contributed by atoms with van der Waals surface area (Å²) in [5.41, 5.74) is 2.65. The van der Waals surface area contributed by atoms with Gasteiger partial charge in [0.1, 0.15) is 11.6 Å². The van der Waals surface area contributed by atoms with Gasteiger partial charge in [-0.3, -0.25) is 0 Å². The monoisotopic (exact) mass is 279 g/mol. The van der Waals surface area contributed by atoms with E-state index < -0.39 is 5.82 Å². The second-order valence-corrected chi connectivity index (χ2v) is 4.95. The second-order valence-electron chi connectivity index (χ2n) is 4.54. The molecule has 0 aliphatic heterocycles. The van der Waals surface area contributed by atoms with Gasteiger partial charge in [0, 0.05) is 11.7 Å². The van der Waals surface area contributed by atoms with Crippen molar-refractivity contribution in [2.45, 2.75) is 19.9 Å². The molecule has 0 fully saturated rings. The quantitative estimate of drug-likeness (QED) is 0.801. The van der Waals surface area contributed by atoms with Crippen molar-refractivity contribution in [2.75, 3.05) is 5.32 Å². The molecule has 0 amide bonds. The smallest absolute Gasteiger partial charge is 0.142 e. The maximum absolute atomic E-state index is 13.4. The van der Waals surface area contributed by atoms with Crippen LogP contribution in [0.2, 0.25) is 5.02 Å². The van der Waals surface area contributed by atoms with Crippen molar-refractivity contribution in [3.8, 4) is 5.75 Å². The predicted molar refractivity (Wildman–Crippen MR) is 76.3 cm³/mol. The van der Waals surface area contributed by atoms with E-state index >= 15 is 0 Å². The van der Waals surface area contributed by atoms with Gasteiger partial charge in [-0.25, -0.2) is 4.39 Å². The van der Waals surface area contributed by atoms with Crippen molar-refractivity contribution in [3.63, 3.8) is 0 Å². The van der Waals surface area contributed by atoms with Crippen LogP contribution >= 0.6 is 11.6 Å². The van der Waals surface area contributed by atoms with Gasteiger partial charge in [0.15, 0.2) is 0 Å². The number of hydrogen-bond acceptors (Lipinski definition) is 2. The van der Waals surface area contributed by atoms with Gasteiger partial charge in [0.05, 0.1) is 5.02 Å². The Balaban J connectivity index is 2.20. The Bertz CT molecular complexity index is 601. The van der Waals surface area contributed by atoms with E-state index in [0.717, 1.165) is 16.8 Å². The first-order valence-electron chi connectivity index (χ1n) is 5.98. The molecule has 2 aromatic rings. The van der Waals surface area contributed by atoms with Crippen LogP contribution in [-0.4, -0.2) is 5.11 Å². The molecular formula is C15H15ClFNO. The first-order valence-corrected chi connectivity index (χ1v) is 6.36. The molecule has 4 heteroatoms. The number of benzene rings is 2. The van der Waals surface area contributed by atoms with E-state index in [9.17, 15) is 9.50 Å². The number of phenolic OH excluding ortho intramolecular Hbond substituents is 1. The maximum Gasteiger partial charge on any atom is 0.142 e. The molecule has 0 bridgehead atoms. The van der Waals surface area contributed by atoms with Gasteiger partial charge in [-0.1, -0.05) is 17.7 Å². The number of phenols is 1. The Morgan fingerprint density at radius 1 is 1.21 bits per heavy atom. The molecule has 19 heavy (non-hydrogen) atoms. The minimum atomic E-state index is -0.421. The Morgan fingerprint density at radius 2 is 1.95 bits per heavy atom. The van der Waals surface area contributed by atoms with Crippen LogP contribution in [0.15, 0.2) is 36.4 Å². The molecule has 0 saturated heterocycles. The lowest BCUT2D eigenvalue weighted by Gasteiger charge is -2.18. The fraction of sp³-hybridized carbons (Fsp3) is 0.200. The predicted octanol–water partition coefficient (Wildman–Crippen LogP) is 4.67. The Hall–Kier alpha value is -1.74. The van der Waals surface area contributed by atoms with E-state index in [1.165, 1.54) is 6.07 Å². The molecule has 0 spiro atoms. The number of rotatable bonds is 3. The third kappa shape index (κ3) is 3.18. The molecule has 1 atom stereocenters. The summed E-state index contributed by atoms with van der Waals surface area (Å²) in [6.07, 6.45) is 0. The highest BCUT2D eigenvalue weighted by atomic mass is 35.5. The van der Waals surface area contributed by atoms with Crippen molar-refractivity contribution in [1.29, 1.82) is 0 Å². The van der Waals surface area contributed by atoms with Crippen molar-refractivity contribution in [3.05, 3.63) is 58.4 Å². The molecule has 2 aromatic carbocycles. The molecule has 2 nitrogen and oxygen atoms in total. The van der Waals surface area contributed by atoms with Gasteiger partial charge >= 0.3 is 0 Å². The van der Waals surface area contributed by atoms with Crippen LogP contribution in [0, 0.1) is 12.7 Å². The fourth-order valence-corrected chi connectivity index (χ4v) is 2.03. The zero-order chi connectivity index (χ0) is 14.0. The van der Waals surface area contributed by atoms with Gasteiger partial charge in [-0.15, -0.1) is 0 Å². The third-order valence-corrected chi connectivity index (χ3v) is 3.33. The summed E-state index contributed by atoms with van der Waals surface area (Å²) in [5.74, 6) is -0.191. The normalized spacial score (nSPS) is 12.2. The lowest BCUT2D eigenvalue weighted by molar-refractivity contribution is 0.475. The summed E-state index contributed by atoms with van der Waals surface area (Å²) in [7, 11) is 0. The largest absolute Gasteiger partial charge is 0.508 e. The van der Waals surface area contributed by atoms with Crippen molar-refractivity contribution in [1.82, 2.24) is 0 Å². The van der Waals surface area contributed by atoms with Crippen LogP contribution in [0.3, 0.4) is 0 Å². The highest BCUT2D eigenvalue weighted by molar-refractivity contribution is 6.30. The molecule has 0 aromatic heterocycles. The van der Waals surface area contributed by atoms with E-state index in [0.29, 0.717) is 0 Å². The van der Waals surface area contributed by atoms with Gasteiger partial charge in [0.25, 0.3) is 0 Å².